The van der Waals surface area contributed by atoms with Gasteiger partial charge in [-0.25, -0.2) is 17.8 Å². The molecule has 13 heteroatoms. The molecular formula is C14H18F5N5O2S. The van der Waals surface area contributed by atoms with Crippen LogP contribution in [0, 0.1) is 19.8 Å². The topological polar surface area (TPSA) is 81.8 Å². The summed E-state index contributed by atoms with van der Waals surface area (Å²) in [5, 5.41) is 6.91. The van der Waals surface area contributed by atoms with Crippen LogP contribution in [0.2, 0.25) is 0 Å². The van der Waals surface area contributed by atoms with Gasteiger partial charge in [0.05, 0.1) is 11.9 Å². The minimum Gasteiger partial charge on any atom is -0.269 e. The number of aromatic nitrogens is 4. The monoisotopic (exact) mass is 415 g/mol. The third-order valence-corrected chi connectivity index (χ3v) is 5.27. The van der Waals surface area contributed by atoms with Crippen molar-refractivity contribution < 1.29 is 30.4 Å². The molecule has 152 valence electrons. The molecular weight excluding hydrogens is 397 g/mol. The van der Waals surface area contributed by atoms with E-state index in [1.807, 2.05) is 0 Å². The summed E-state index contributed by atoms with van der Waals surface area (Å²) < 4.78 is 91.5. The van der Waals surface area contributed by atoms with Crippen LogP contribution in [0.1, 0.15) is 30.6 Å². The number of nitrogens with zero attached hydrogens (tertiary/aromatic N) is 4. The van der Waals surface area contributed by atoms with Gasteiger partial charge in [0.1, 0.15) is 4.90 Å². The Hall–Kier alpha value is -2.02. The average Bonchev–Trinajstić information content (AvgIpc) is 3.09. The second-order valence-electron chi connectivity index (χ2n) is 6.14. The van der Waals surface area contributed by atoms with Gasteiger partial charge in [0.2, 0.25) is 10.0 Å². The predicted octanol–water partition coefficient (Wildman–Crippen LogP) is 2.72. The van der Waals surface area contributed by atoms with E-state index < -0.39 is 34.4 Å². The van der Waals surface area contributed by atoms with Crippen molar-refractivity contribution in [1.29, 1.82) is 0 Å². The minimum atomic E-state index is -4.57. The van der Waals surface area contributed by atoms with E-state index in [1.54, 1.807) is 6.92 Å². The SMILES string of the molecule is Cc1nn(C(F)F)cc1S(=O)(=O)NC[C@H](C)Cn1nc(C(F)(F)F)cc1C. The van der Waals surface area contributed by atoms with Crippen LogP contribution in [0.25, 0.3) is 0 Å². The van der Waals surface area contributed by atoms with Crippen molar-refractivity contribution in [3.05, 3.63) is 29.3 Å². The molecule has 2 heterocycles. The number of nitrogens with one attached hydrogen (secondary N) is 1. The molecule has 2 aromatic rings. The summed E-state index contributed by atoms with van der Waals surface area (Å²) in [6.07, 6.45) is -3.84. The number of aryl methyl sites for hydroxylation is 2. The molecule has 2 rings (SSSR count). The van der Waals surface area contributed by atoms with Crippen molar-refractivity contribution in [2.24, 2.45) is 5.92 Å². The minimum absolute atomic E-state index is 0.0414. The van der Waals surface area contributed by atoms with Crippen LogP contribution in [0.4, 0.5) is 22.0 Å². The zero-order chi connectivity index (χ0) is 20.6. The number of halogens is 5. The molecule has 1 atom stereocenters. The van der Waals surface area contributed by atoms with Crippen LogP contribution in [-0.2, 0) is 22.7 Å². The zero-order valence-electron chi connectivity index (χ0n) is 14.6. The Kier molecular flexibility index (Phi) is 5.94. The maximum atomic E-state index is 12.7. The van der Waals surface area contributed by atoms with E-state index in [9.17, 15) is 30.4 Å². The maximum Gasteiger partial charge on any atom is 0.435 e. The molecule has 0 bridgehead atoms. The Morgan fingerprint density at radius 1 is 1.22 bits per heavy atom. The maximum absolute atomic E-state index is 12.7. The third kappa shape index (κ3) is 5.03. The van der Waals surface area contributed by atoms with Crippen LogP contribution in [0.3, 0.4) is 0 Å². The van der Waals surface area contributed by atoms with Gasteiger partial charge in [-0.1, -0.05) is 6.92 Å². The van der Waals surface area contributed by atoms with Crippen molar-refractivity contribution in [3.8, 4) is 0 Å². The summed E-state index contributed by atoms with van der Waals surface area (Å²) in [5.74, 6) is -0.412. The summed E-state index contributed by atoms with van der Waals surface area (Å²) in [5.41, 5.74) is -0.831. The quantitative estimate of drug-likeness (QED) is 0.705. The first-order chi connectivity index (χ1) is 12.3. The first-order valence-electron chi connectivity index (χ1n) is 7.76. The smallest absolute Gasteiger partial charge is 0.269 e. The van der Waals surface area contributed by atoms with Crippen molar-refractivity contribution in [2.45, 2.75) is 44.9 Å². The van der Waals surface area contributed by atoms with E-state index in [-0.39, 0.29) is 34.1 Å². The molecule has 0 aliphatic carbocycles. The van der Waals surface area contributed by atoms with Crippen molar-refractivity contribution >= 4 is 10.0 Å². The highest BCUT2D eigenvalue weighted by atomic mass is 32.2. The molecule has 7 nitrogen and oxygen atoms in total. The largest absolute Gasteiger partial charge is 0.435 e. The highest BCUT2D eigenvalue weighted by Crippen LogP contribution is 2.28. The summed E-state index contributed by atoms with van der Waals surface area (Å²) in [6.45, 7) is 1.30. The lowest BCUT2D eigenvalue weighted by molar-refractivity contribution is -0.141. The Morgan fingerprint density at radius 3 is 2.33 bits per heavy atom. The van der Waals surface area contributed by atoms with Crippen LogP contribution in [-0.4, -0.2) is 34.5 Å². The average molecular weight is 415 g/mol. The van der Waals surface area contributed by atoms with E-state index >= 15 is 0 Å². The van der Waals surface area contributed by atoms with E-state index in [2.05, 4.69) is 14.9 Å². The van der Waals surface area contributed by atoms with Gasteiger partial charge in [0, 0.05) is 18.8 Å². The summed E-state index contributed by atoms with van der Waals surface area (Å²) in [4.78, 5) is -0.385. The number of sulfonamides is 1. The number of hydrogen-bond acceptors (Lipinski definition) is 4. The van der Waals surface area contributed by atoms with Crippen molar-refractivity contribution in [2.75, 3.05) is 6.54 Å². The first-order valence-corrected chi connectivity index (χ1v) is 9.24. The summed E-state index contributed by atoms with van der Waals surface area (Å²) in [7, 11) is -4.10. The Bertz CT molecular complexity index is 904. The molecule has 0 aliphatic heterocycles. The van der Waals surface area contributed by atoms with E-state index in [0.29, 0.717) is 0 Å². The predicted molar refractivity (Wildman–Crippen MR) is 84.5 cm³/mol. The fourth-order valence-corrected chi connectivity index (χ4v) is 3.69. The molecule has 1 N–H and O–H groups in total. The van der Waals surface area contributed by atoms with Gasteiger partial charge in [-0.2, -0.15) is 32.1 Å². The third-order valence-electron chi connectivity index (χ3n) is 3.74. The van der Waals surface area contributed by atoms with E-state index in [4.69, 9.17) is 0 Å². The Labute approximate surface area is 152 Å². The molecule has 0 saturated heterocycles. The molecule has 0 radical (unpaired) electrons. The molecule has 0 unspecified atom stereocenters. The lowest BCUT2D eigenvalue weighted by Gasteiger charge is -2.14. The number of hydrogen-bond donors (Lipinski definition) is 1. The number of alkyl halides is 5. The molecule has 27 heavy (non-hydrogen) atoms. The lowest BCUT2D eigenvalue weighted by atomic mass is 10.2. The number of rotatable bonds is 7. The highest BCUT2D eigenvalue weighted by molar-refractivity contribution is 7.89. The normalized spacial score (nSPS) is 14.1. The van der Waals surface area contributed by atoms with Gasteiger partial charge in [0.15, 0.2) is 5.69 Å². The van der Waals surface area contributed by atoms with Crippen LogP contribution in [0.5, 0.6) is 0 Å². The molecule has 0 aliphatic rings. The van der Waals surface area contributed by atoms with Gasteiger partial charge in [-0.3, -0.25) is 4.68 Å². The molecule has 0 saturated carbocycles. The van der Waals surface area contributed by atoms with E-state index in [0.717, 1.165) is 16.9 Å². The fraction of sp³-hybridized carbons (Fsp3) is 0.571. The summed E-state index contributed by atoms with van der Waals surface area (Å²) in [6, 6.07) is 0.902. The molecule has 0 spiro atoms. The standard InChI is InChI=1S/C14H18F5N5O2S/c1-8(6-23-9(2)4-12(22-23)14(17,18)19)5-20-27(25,26)11-7-24(13(15)16)21-10(11)3/h4,7-8,13,20H,5-6H2,1-3H3/t8-/m0/s1. The fourth-order valence-electron chi connectivity index (χ4n) is 2.35. The molecule has 2 aromatic heterocycles. The van der Waals surface area contributed by atoms with Crippen molar-refractivity contribution in [3.63, 3.8) is 0 Å². The van der Waals surface area contributed by atoms with Gasteiger partial charge in [-0.15, -0.1) is 0 Å². The molecule has 0 amide bonds. The van der Waals surface area contributed by atoms with E-state index in [1.165, 1.54) is 13.8 Å². The second kappa shape index (κ2) is 7.54. The zero-order valence-corrected chi connectivity index (χ0v) is 15.4. The second-order valence-corrected chi connectivity index (χ2v) is 7.88. The highest BCUT2D eigenvalue weighted by Gasteiger charge is 2.34. The van der Waals surface area contributed by atoms with Crippen LogP contribution < -0.4 is 4.72 Å². The Morgan fingerprint density at radius 2 is 1.85 bits per heavy atom. The van der Waals surface area contributed by atoms with Gasteiger partial charge in [-0.05, 0) is 25.8 Å². The van der Waals surface area contributed by atoms with Gasteiger partial charge < -0.3 is 0 Å². The Balaban J connectivity index is 2.05. The van der Waals surface area contributed by atoms with Crippen molar-refractivity contribution in [1.82, 2.24) is 24.3 Å². The van der Waals surface area contributed by atoms with Gasteiger partial charge >= 0.3 is 12.7 Å². The van der Waals surface area contributed by atoms with Gasteiger partial charge in [0.25, 0.3) is 0 Å². The molecule has 0 fully saturated rings. The molecule has 0 aromatic carbocycles. The first kappa shape index (κ1) is 21.3. The lowest BCUT2D eigenvalue weighted by Crippen LogP contribution is -2.30. The van der Waals surface area contributed by atoms with Crippen LogP contribution >= 0.6 is 0 Å². The van der Waals surface area contributed by atoms with Crippen LogP contribution in [0.15, 0.2) is 17.2 Å². The summed E-state index contributed by atoms with van der Waals surface area (Å²) >= 11 is 0.